The van der Waals surface area contributed by atoms with Crippen molar-refractivity contribution in [2.24, 2.45) is 5.73 Å². The highest BCUT2D eigenvalue weighted by Crippen LogP contribution is 2.24. The van der Waals surface area contributed by atoms with Gasteiger partial charge in [0.2, 0.25) is 5.91 Å². The molecule has 2 aromatic carbocycles. The normalized spacial score (nSPS) is 19.1. The van der Waals surface area contributed by atoms with E-state index in [9.17, 15) is 9.18 Å². The van der Waals surface area contributed by atoms with Crippen LogP contribution in [-0.2, 0) is 9.53 Å². The van der Waals surface area contributed by atoms with Crippen molar-refractivity contribution in [2.75, 3.05) is 19.7 Å². The van der Waals surface area contributed by atoms with Gasteiger partial charge in [0.25, 0.3) is 0 Å². The largest absolute Gasteiger partial charge is 0.370 e. The fraction of sp³-hybridized carbons (Fsp3) is 0.316. The predicted molar refractivity (Wildman–Crippen MR) is 89.8 cm³/mol. The summed E-state index contributed by atoms with van der Waals surface area (Å²) in [7, 11) is 0. The zero-order valence-electron chi connectivity index (χ0n) is 13.6. The Kier molecular flexibility index (Phi) is 4.92. The van der Waals surface area contributed by atoms with Crippen LogP contribution >= 0.6 is 0 Å². The van der Waals surface area contributed by atoms with Gasteiger partial charge in [0.1, 0.15) is 18.0 Å². The lowest BCUT2D eigenvalue weighted by Gasteiger charge is -2.34. The van der Waals surface area contributed by atoms with Crippen LogP contribution in [0.4, 0.5) is 4.39 Å². The summed E-state index contributed by atoms with van der Waals surface area (Å²) in [5.41, 5.74) is 8.78. The van der Waals surface area contributed by atoms with Crippen LogP contribution in [0.2, 0.25) is 0 Å². The highest BCUT2D eigenvalue weighted by molar-refractivity contribution is 5.83. The van der Waals surface area contributed by atoms with Crippen molar-refractivity contribution < 1.29 is 13.9 Å². The van der Waals surface area contributed by atoms with Crippen LogP contribution in [0.25, 0.3) is 0 Å². The lowest BCUT2D eigenvalue weighted by atomic mass is 10.0. The summed E-state index contributed by atoms with van der Waals surface area (Å²) < 4.78 is 19.1. The maximum Gasteiger partial charge on any atom is 0.244 e. The van der Waals surface area contributed by atoms with Gasteiger partial charge in [-0.1, -0.05) is 42.0 Å². The summed E-state index contributed by atoms with van der Waals surface area (Å²) in [6, 6.07) is 13.2. The van der Waals surface area contributed by atoms with E-state index in [1.807, 2.05) is 37.3 Å². The molecule has 0 aliphatic carbocycles. The Hall–Kier alpha value is -2.24. The molecule has 4 nitrogen and oxygen atoms in total. The zero-order valence-corrected chi connectivity index (χ0v) is 13.6. The van der Waals surface area contributed by atoms with Gasteiger partial charge in [-0.3, -0.25) is 4.79 Å². The first-order chi connectivity index (χ1) is 11.5. The van der Waals surface area contributed by atoms with Gasteiger partial charge in [0, 0.05) is 6.54 Å². The Bertz CT molecular complexity index is 718. The minimum atomic E-state index is -0.697. The van der Waals surface area contributed by atoms with Crippen LogP contribution in [0.1, 0.15) is 28.8 Å². The third-order valence-electron chi connectivity index (χ3n) is 4.30. The average Bonchev–Trinajstić information content (AvgIpc) is 2.61. The molecule has 2 aromatic rings. The Morgan fingerprint density at radius 3 is 2.75 bits per heavy atom. The Balaban J connectivity index is 1.72. The number of morpholine rings is 1. The number of halogens is 1. The molecule has 0 radical (unpaired) electrons. The summed E-state index contributed by atoms with van der Waals surface area (Å²) >= 11 is 0. The molecule has 24 heavy (non-hydrogen) atoms. The molecular weight excluding hydrogens is 307 g/mol. The van der Waals surface area contributed by atoms with Gasteiger partial charge in [-0.05, 0) is 30.2 Å². The van der Waals surface area contributed by atoms with Crippen LogP contribution < -0.4 is 5.73 Å². The number of hydrogen-bond donors (Lipinski definition) is 1. The summed E-state index contributed by atoms with van der Waals surface area (Å²) in [5, 5.41) is 0. The molecule has 1 aliphatic rings. The van der Waals surface area contributed by atoms with Gasteiger partial charge in [-0.15, -0.1) is 0 Å². The van der Waals surface area contributed by atoms with E-state index >= 15 is 0 Å². The molecule has 2 atom stereocenters. The summed E-state index contributed by atoms with van der Waals surface area (Å²) in [6.45, 7) is 3.27. The second-order valence-electron chi connectivity index (χ2n) is 6.09. The van der Waals surface area contributed by atoms with Crippen molar-refractivity contribution in [3.63, 3.8) is 0 Å². The van der Waals surface area contributed by atoms with E-state index in [2.05, 4.69) is 0 Å². The lowest BCUT2D eigenvalue weighted by molar-refractivity contribution is -0.140. The third-order valence-corrected chi connectivity index (χ3v) is 4.30. The quantitative estimate of drug-likeness (QED) is 0.942. The van der Waals surface area contributed by atoms with E-state index in [-0.39, 0.29) is 17.8 Å². The average molecular weight is 328 g/mol. The third kappa shape index (κ3) is 3.63. The minimum Gasteiger partial charge on any atom is -0.370 e. The highest BCUT2D eigenvalue weighted by Gasteiger charge is 2.29. The molecule has 1 heterocycles. The number of rotatable bonds is 3. The number of nitrogens with zero attached hydrogens (tertiary/aromatic N) is 1. The van der Waals surface area contributed by atoms with Crippen LogP contribution in [0, 0.1) is 12.7 Å². The number of carbonyl (C=O) groups is 1. The van der Waals surface area contributed by atoms with Crippen molar-refractivity contribution in [2.45, 2.75) is 19.1 Å². The molecule has 0 spiro atoms. The van der Waals surface area contributed by atoms with Crippen LogP contribution in [0.15, 0.2) is 48.5 Å². The molecular formula is C19H21FN2O2. The van der Waals surface area contributed by atoms with Gasteiger partial charge in [0.15, 0.2) is 0 Å². The molecule has 1 saturated heterocycles. The molecule has 2 N–H and O–H groups in total. The van der Waals surface area contributed by atoms with Gasteiger partial charge in [0.05, 0.1) is 13.2 Å². The minimum absolute atomic E-state index is 0.136. The van der Waals surface area contributed by atoms with Gasteiger partial charge >= 0.3 is 0 Å². The van der Waals surface area contributed by atoms with E-state index < -0.39 is 6.04 Å². The Morgan fingerprint density at radius 1 is 1.29 bits per heavy atom. The molecule has 1 amide bonds. The predicted octanol–water partition coefficient (Wildman–Crippen LogP) is 2.73. The lowest BCUT2D eigenvalue weighted by Crippen LogP contribution is -2.46. The van der Waals surface area contributed by atoms with E-state index in [4.69, 9.17) is 10.5 Å². The topological polar surface area (TPSA) is 55.6 Å². The van der Waals surface area contributed by atoms with E-state index in [1.54, 1.807) is 11.0 Å². The standard InChI is InChI=1S/C19H21FN2O2/c1-13-5-7-14(8-6-13)18(21)19(23)22-9-10-24-17(12-22)15-3-2-4-16(20)11-15/h2-8,11,17-18H,9-10,12,21H2,1H3. The van der Waals surface area contributed by atoms with Crippen LogP contribution in [0.5, 0.6) is 0 Å². The van der Waals surface area contributed by atoms with Crippen molar-refractivity contribution in [1.82, 2.24) is 4.90 Å². The van der Waals surface area contributed by atoms with E-state index in [0.717, 1.165) is 16.7 Å². The number of benzene rings is 2. The molecule has 1 fully saturated rings. The number of hydrogen-bond acceptors (Lipinski definition) is 3. The number of nitrogens with two attached hydrogens (primary N) is 1. The molecule has 0 aromatic heterocycles. The first-order valence-electron chi connectivity index (χ1n) is 8.02. The van der Waals surface area contributed by atoms with Gasteiger partial charge in [-0.25, -0.2) is 4.39 Å². The SMILES string of the molecule is Cc1ccc(C(N)C(=O)N2CCOC(c3cccc(F)c3)C2)cc1. The summed E-state index contributed by atoms with van der Waals surface area (Å²) in [4.78, 5) is 14.4. The summed E-state index contributed by atoms with van der Waals surface area (Å²) in [5.74, 6) is -0.445. The molecule has 1 aliphatic heterocycles. The van der Waals surface area contributed by atoms with Crippen molar-refractivity contribution in [1.29, 1.82) is 0 Å². The molecule has 5 heteroatoms. The maximum absolute atomic E-state index is 13.4. The fourth-order valence-corrected chi connectivity index (χ4v) is 2.87. The molecule has 3 rings (SSSR count). The number of aryl methyl sites for hydroxylation is 1. The van der Waals surface area contributed by atoms with Gasteiger partial charge < -0.3 is 15.4 Å². The first kappa shape index (κ1) is 16.6. The molecule has 126 valence electrons. The van der Waals surface area contributed by atoms with E-state index in [0.29, 0.717) is 19.7 Å². The number of amides is 1. The van der Waals surface area contributed by atoms with Crippen LogP contribution in [0.3, 0.4) is 0 Å². The highest BCUT2D eigenvalue weighted by atomic mass is 19.1. The number of ether oxygens (including phenoxy) is 1. The molecule has 2 unspecified atom stereocenters. The van der Waals surface area contributed by atoms with Gasteiger partial charge in [-0.2, -0.15) is 0 Å². The monoisotopic (exact) mass is 328 g/mol. The van der Waals surface area contributed by atoms with E-state index in [1.165, 1.54) is 12.1 Å². The molecule has 0 saturated carbocycles. The van der Waals surface area contributed by atoms with Crippen molar-refractivity contribution >= 4 is 5.91 Å². The molecule has 0 bridgehead atoms. The van der Waals surface area contributed by atoms with Crippen LogP contribution in [-0.4, -0.2) is 30.5 Å². The Morgan fingerprint density at radius 2 is 2.04 bits per heavy atom. The second-order valence-corrected chi connectivity index (χ2v) is 6.09. The fourth-order valence-electron chi connectivity index (χ4n) is 2.87. The maximum atomic E-state index is 13.4. The van der Waals surface area contributed by atoms with Crippen molar-refractivity contribution in [3.05, 3.63) is 71.0 Å². The number of carbonyl (C=O) groups excluding carboxylic acids is 1. The Labute approximate surface area is 141 Å². The summed E-state index contributed by atoms with van der Waals surface area (Å²) in [6.07, 6.45) is -0.330. The zero-order chi connectivity index (χ0) is 17.1. The second kappa shape index (κ2) is 7.11. The smallest absolute Gasteiger partial charge is 0.244 e. The first-order valence-corrected chi connectivity index (χ1v) is 8.02. The van der Waals surface area contributed by atoms with Crippen molar-refractivity contribution in [3.8, 4) is 0 Å².